The standard InChI is InChI=1S/C27H34ClN3O2S/c1-18(2)16-31(17-19(3)4)13-7-12-29-26(32)21-10-11-24-23(14-21)30-27(33)25(34-24)15-20-8-5-6-9-22(20)28/h5-6,8-11,14-15,18-19H,7,12-13,16-17H2,1-4H3,(H,29,32)(H,30,33)/p+1. The molecule has 0 radical (unpaired) electrons. The number of hydrogen-bond acceptors (Lipinski definition) is 3. The molecule has 3 N–H and O–H groups in total. The number of fused-ring (bicyclic) bond motifs is 1. The Morgan fingerprint density at radius 3 is 2.50 bits per heavy atom. The third-order valence-corrected chi connectivity index (χ3v) is 6.96. The van der Waals surface area contributed by atoms with Crippen LogP contribution in [-0.4, -0.2) is 38.0 Å². The molecule has 0 aliphatic carbocycles. The first-order chi connectivity index (χ1) is 16.2. The molecule has 1 heterocycles. The molecule has 1 aliphatic rings. The average molecular weight is 501 g/mol. The summed E-state index contributed by atoms with van der Waals surface area (Å²) in [6.07, 6.45) is 2.73. The second-order valence-electron chi connectivity index (χ2n) is 9.60. The van der Waals surface area contributed by atoms with Crippen molar-refractivity contribution in [2.45, 2.75) is 39.0 Å². The Labute approximate surface area is 212 Å². The number of thioether (sulfide) groups is 1. The third kappa shape index (κ3) is 7.62. The summed E-state index contributed by atoms with van der Waals surface area (Å²) in [7, 11) is 0. The molecular weight excluding hydrogens is 466 g/mol. The molecule has 0 unspecified atom stereocenters. The molecule has 7 heteroatoms. The van der Waals surface area contributed by atoms with Gasteiger partial charge in [0.15, 0.2) is 0 Å². The Kier molecular flexibility index (Phi) is 9.63. The molecule has 34 heavy (non-hydrogen) atoms. The molecule has 0 spiro atoms. The lowest BCUT2D eigenvalue weighted by Crippen LogP contribution is -3.13. The zero-order valence-electron chi connectivity index (χ0n) is 20.4. The number of halogens is 1. The van der Waals surface area contributed by atoms with Gasteiger partial charge in [0.2, 0.25) is 0 Å². The van der Waals surface area contributed by atoms with Crippen LogP contribution < -0.4 is 15.5 Å². The minimum absolute atomic E-state index is 0.117. The number of quaternary nitrogens is 1. The lowest BCUT2D eigenvalue weighted by Gasteiger charge is -2.23. The number of hydrogen-bond donors (Lipinski definition) is 3. The van der Waals surface area contributed by atoms with Crippen molar-refractivity contribution in [3.8, 4) is 0 Å². The van der Waals surface area contributed by atoms with Crippen LogP contribution in [0.1, 0.15) is 50.0 Å². The second kappa shape index (κ2) is 12.4. The van der Waals surface area contributed by atoms with Crippen LogP contribution in [0.4, 0.5) is 5.69 Å². The Morgan fingerprint density at radius 2 is 1.82 bits per heavy atom. The molecule has 0 bridgehead atoms. The molecule has 1 aliphatic heterocycles. The van der Waals surface area contributed by atoms with Crippen LogP contribution in [0, 0.1) is 11.8 Å². The number of benzene rings is 2. The SMILES string of the molecule is CC(C)C[NH+](CCCNC(=O)c1ccc2c(c1)NC(=O)C(=Cc1ccccc1Cl)S2)CC(C)C. The van der Waals surface area contributed by atoms with Crippen molar-refractivity contribution in [2.75, 3.05) is 31.5 Å². The highest BCUT2D eigenvalue weighted by Gasteiger charge is 2.22. The Morgan fingerprint density at radius 1 is 1.12 bits per heavy atom. The predicted octanol–water partition coefficient (Wildman–Crippen LogP) is 4.74. The van der Waals surface area contributed by atoms with E-state index in [4.69, 9.17) is 11.6 Å². The van der Waals surface area contributed by atoms with Gasteiger partial charge in [0.05, 0.1) is 30.2 Å². The predicted molar refractivity (Wildman–Crippen MR) is 143 cm³/mol. The zero-order chi connectivity index (χ0) is 24.7. The summed E-state index contributed by atoms with van der Waals surface area (Å²) in [6.45, 7) is 13.0. The fourth-order valence-electron chi connectivity index (χ4n) is 4.12. The fraction of sp³-hybridized carbons (Fsp3) is 0.407. The Balaban J connectivity index is 1.57. The van der Waals surface area contributed by atoms with E-state index >= 15 is 0 Å². The molecule has 5 nitrogen and oxygen atoms in total. The Hall–Kier alpha value is -2.28. The topological polar surface area (TPSA) is 62.6 Å². The van der Waals surface area contributed by atoms with Gasteiger partial charge in [-0.3, -0.25) is 9.59 Å². The highest BCUT2D eigenvalue weighted by atomic mass is 35.5. The van der Waals surface area contributed by atoms with E-state index in [1.807, 2.05) is 24.3 Å². The monoisotopic (exact) mass is 500 g/mol. The summed E-state index contributed by atoms with van der Waals surface area (Å²) in [5, 5.41) is 6.53. The molecular formula is C27H35ClN3O2S+. The van der Waals surface area contributed by atoms with E-state index in [1.54, 1.807) is 29.2 Å². The van der Waals surface area contributed by atoms with Gasteiger partial charge in [-0.1, -0.05) is 69.3 Å². The highest BCUT2D eigenvalue weighted by Crippen LogP contribution is 2.39. The summed E-state index contributed by atoms with van der Waals surface area (Å²) < 4.78 is 0. The number of anilines is 1. The highest BCUT2D eigenvalue weighted by molar-refractivity contribution is 8.04. The lowest BCUT2D eigenvalue weighted by molar-refractivity contribution is -0.906. The van der Waals surface area contributed by atoms with Gasteiger partial charge in [-0.15, -0.1) is 0 Å². The van der Waals surface area contributed by atoms with E-state index < -0.39 is 0 Å². The minimum atomic E-state index is -0.201. The molecule has 0 saturated heterocycles. The van der Waals surface area contributed by atoms with Crippen LogP contribution in [-0.2, 0) is 4.79 Å². The molecule has 0 aromatic heterocycles. The van der Waals surface area contributed by atoms with Crippen molar-refractivity contribution in [3.63, 3.8) is 0 Å². The number of nitrogens with one attached hydrogen (secondary N) is 3. The molecule has 2 aromatic rings. The van der Waals surface area contributed by atoms with Gasteiger partial charge in [-0.2, -0.15) is 0 Å². The van der Waals surface area contributed by atoms with Crippen LogP contribution in [0.5, 0.6) is 0 Å². The van der Waals surface area contributed by atoms with E-state index in [-0.39, 0.29) is 11.8 Å². The largest absolute Gasteiger partial charge is 0.352 e. The minimum Gasteiger partial charge on any atom is -0.352 e. The van der Waals surface area contributed by atoms with Crippen LogP contribution in [0.15, 0.2) is 52.3 Å². The van der Waals surface area contributed by atoms with E-state index in [1.165, 1.54) is 11.8 Å². The average Bonchev–Trinajstić information content (AvgIpc) is 2.77. The van der Waals surface area contributed by atoms with Crippen molar-refractivity contribution in [1.82, 2.24) is 5.32 Å². The molecule has 0 saturated carbocycles. The summed E-state index contributed by atoms with van der Waals surface area (Å²) >= 11 is 7.61. The van der Waals surface area contributed by atoms with Crippen molar-refractivity contribution >= 4 is 46.9 Å². The Bertz CT molecular complexity index is 1040. The molecule has 3 rings (SSSR count). The van der Waals surface area contributed by atoms with Gasteiger partial charge in [-0.05, 0) is 35.9 Å². The quantitative estimate of drug-likeness (QED) is 0.326. The van der Waals surface area contributed by atoms with Crippen LogP contribution >= 0.6 is 23.4 Å². The summed E-state index contributed by atoms with van der Waals surface area (Å²) in [5.74, 6) is 1.00. The lowest BCUT2D eigenvalue weighted by atomic mass is 10.1. The summed E-state index contributed by atoms with van der Waals surface area (Å²) in [4.78, 5) is 28.4. The van der Waals surface area contributed by atoms with E-state index in [2.05, 4.69) is 38.3 Å². The van der Waals surface area contributed by atoms with Gasteiger partial charge in [0.25, 0.3) is 11.8 Å². The first kappa shape index (κ1) is 26.3. The van der Waals surface area contributed by atoms with Gasteiger partial charge in [0.1, 0.15) is 0 Å². The molecule has 0 fully saturated rings. The fourth-order valence-corrected chi connectivity index (χ4v) is 5.23. The van der Waals surface area contributed by atoms with Crippen LogP contribution in [0.2, 0.25) is 5.02 Å². The van der Waals surface area contributed by atoms with E-state index in [0.29, 0.717) is 39.6 Å². The molecule has 2 aromatic carbocycles. The number of amides is 2. The third-order valence-electron chi connectivity index (χ3n) is 5.51. The normalized spacial score (nSPS) is 14.6. The van der Waals surface area contributed by atoms with Gasteiger partial charge >= 0.3 is 0 Å². The maximum absolute atomic E-state index is 12.7. The maximum Gasteiger partial charge on any atom is 0.262 e. The summed E-state index contributed by atoms with van der Waals surface area (Å²) in [5.41, 5.74) is 2.00. The van der Waals surface area contributed by atoms with Crippen molar-refractivity contribution in [2.24, 2.45) is 11.8 Å². The molecule has 182 valence electrons. The molecule has 2 amide bonds. The van der Waals surface area contributed by atoms with Gasteiger partial charge < -0.3 is 15.5 Å². The van der Waals surface area contributed by atoms with Crippen LogP contribution in [0.25, 0.3) is 6.08 Å². The van der Waals surface area contributed by atoms with Crippen molar-refractivity contribution in [3.05, 3.63) is 63.5 Å². The second-order valence-corrected chi connectivity index (χ2v) is 11.1. The molecule has 0 atom stereocenters. The smallest absolute Gasteiger partial charge is 0.262 e. The number of carbonyl (C=O) groups excluding carboxylic acids is 2. The first-order valence-electron chi connectivity index (χ1n) is 11.9. The first-order valence-corrected chi connectivity index (χ1v) is 13.1. The van der Waals surface area contributed by atoms with E-state index in [9.17, 15) is 9.59 Å². The number of carbonyl (C=O) groups is 2. The summed E-state index contributed by atoms with van der Waals surface area (Å²) in [6, 6.07) is 12.8. The van der Waals surface area contributed by atoms with Gasteiger partial charge in [0, 0.05) is 40.3 Å². The maximum atomic E-state index is 12.7. The van der Waals surface area contributed by atoms with Crippen molar-refractivity contribution < 1.29 is 14.5 Å². The van der Waals surface area contributed by atoms with Crippen molar-refractivity contribution in [1.29, 1.82) is 0 Å². The number of rotatable bonds is 10. The van der Waals surface area contributed by atoms with Crippen LogP contribution in [0.3, 0.4) is 0 Å². The van der Waals surface area contributed by atoms with Gasteiger partial charge in [-0.25, -0.2) is 0 Å². The van der Waals surface area contributed by atoms with E-state index in [0.717, 1.165) is 36.5 Å². The zero-order valence-corrected chi connectivity index (χ0v) is 22.0.